The predicted molar refractivity (Wildman–Crippen MR) is 85.7 cm³/mol. The molecular formula is C16H15BrS. The van der Waals surface area contributed by atoms with Gasteiger partial charge in [0.1, 0.15) is 0 Å². The van der Waals surface area contributed by atoms with Crippen LogP contribution in [0.1, 0.15) is 26.3 Å². The molecule has 0 aliphatic carbocycles. The summed E-state index contributed by atoms with van der Waals surface area (Å²) in [5.41, 5.74) is 1.61. The highest BCUT2D eigenvalue weighted by molar-refractivity contribution is 9.10. The minimum Gasteiger partial charge on any atom is -0.135 e. The molecule has 92 valence electrons. The molecule has 0 nitrogen and oxygen atoms in total. The minimum absolute atomic E-state index is 0.210. The zero-order chi connectivity index (χ0) is 12.9. The zero-order valence-electron chi connectivity index (χ0n) is 10.8. The molecule has 3 rings (SSSR count). The van der Waals surface area contributed by atoms with E-state index >= 15 is 0 Å². The Balaban J connectivity index is 2.38. The summed E-state index contributed by atoms with van der Waals surface area (Å²) in [4.78, 5) is 0. The van der Waals surface area contributed by atoms with Crippen molar-refractivity contribution in [1.82, 2.24) is 0 Å². The zero-order valence-corrected chi connectivity index (χ0v) is 13.2. The maximum absolute atomic E-state index is 3.66. The van der Waals surface area contributed by atoms with Gasteiger partial charge in [-0.3, -0.25) is 0 Å². The van der Waals surface area contributed by atoms with Crippen molar-refractivity contribution in [3.8, 4) is 0 Å². The Labute approximate surface area is 120 Å². The van der Waals surface area contributed by atoms with Crippen LogP contribution >= 0.6 is 27.3 Å². The third kappa shape index (κ3) is 1.88. The van der Waals surface area contributed by atoms with Crippen LogP contribution in [0.2, 0.25) is 0 Å². The van der Waals surface area contributed by atoms with Crippen molar-refractivity contribution in [2.45, 2.75) is 26.2 Å². The van der Waals surface area contributed by atoms with E-state index in [9.17, 15) is 0 Å². The second-order valence-corrected chi connectivity index (χ2v) is 7.61. The number of halogens is 1. The highest BCUT2D eigenvalue weighted by Crippen LogP contribution is 2.39. The third-order valence-corrected chi connectivity index (χ3v) is 5.09. The number of thiophene rings is 1. The van der Waals surface area contributed by atoms with Gasteiger partial charge in [-0.2, -0.15) is 0 Å². The first kappa shape index (κ1) is 12.2. The quantitative estimate of drug-likeness (QED) is 0.468. The van der Waals surface area contributed by atoms with Gasteiger partial charge in [-0.15, -0.1) is 11.3 Å². The van der Waals surface area contributed by atoms with Crippen molar-refractivity contribution >= 4 is 47.4 Å². The highest BCUT2D eigenvalue weighted by Gasteiger charge is 2.15. The van der Waals surface area contributed by atoms with E-state index in [0.717, 1.165) is 0 Å². The van der Waals surface area contributed by atoms with Crippen LogP contribution in [0.5, 0.6) is 0 Å². The lowest BCUT2D eigenvalue weighted by molar-refractivity contribution is 0.591. The topological polar surface area (TPSA) is 0 Å². The summed E-state index contributed by atoms with van der Waals surface area (Å²) in [5.74, 6) is 0. The fourth-order valence-electron chi connectivity index (χ4n) is 2.25. The second-order valence-electron chi connectivity index (χ2n) is 5.68. The molecule has 0 atom stereocenters. The smallest absolute Gasteiger partial charge is 0.0366 e. The summed E-state index contributed by atoms with van der Waals surface area (Å²) in [7, 11) is 0. The number of hydrogen-bond donors (Lipinski definition) is 0. The van der Waals surface area contributed by atoms with E-state index in [1.165, 1.54) is 30.2 Å². The van der Waals surface area contributed by atoms with Crippen LogP contribution in [0, 0.1) is 0 Å². The fourth-order valence-corrected chi connectivity index (χ4v) is 4.13. The summed E-state index contributed by atoms with van der Waals surface area (Å²) >= 11 is 5.54. The molecule has 0 bridgehead atoms. The van der Waals surface area contributed by atoms with Gasteiger partial charge >= 0.3 is 0 Å². The van der Waals surface area contributed by atoms with E-state index in [1.807, 2.05) is 11.3 Å². The van der Waals surface area contributed by atoms with E-state index in [-0.39, 0.29) is 5.41 Å². The normalized spacial score (nSPS) is 12.4. The molecule has 0 spiro atoms. The summed E-state index contributed by atoms with van der Waals surface area (Å²) < 4.78 is 3.92. The van der Waals surface area contributed by atoms with Crippen molar-refractivity contribution in [2.24, 2.45) is 0 Å². The standard InChI is InChI=1S/C16H15BrS/c1-16(2,3)10-7-8-11-14(9-10)18-13-6-4-5-12(17)15(11)13/h4-9H,1-3H3. The number of rotatable bonds is 0. The first-order valence-electron chi connectivity index (χ1n) is 6.08. The van der Waals surface area contributed by atoms with Gasteiger partial charge in [0.2, 0.25) is 0 Å². The molecule has 0 aliphatic rings. The van der Waals surface area contributed by atoms with Crippen LogP contribution in [0.4, 0.5) is 0 Å². The van der Waals surface area contributed by atoms with E-state index in [4.69, 9.17) is 0 Å². The molecule has 0 saturated carbocycles. The van der Waals surface area contributed by atoms with Crippen molar-refractivity contribution < 1.29 is 0 Å². The van der Waals surface area contributed by atoms with Gasteiger partial charge in [-0.05, 0) is 29.2 Å². The van der Waals surface area contributed by atoms with E-state index < -0.39 is 0 Å². The lowest BCUT2D eigenvalue weighted by Gasteiger charge is -2.18. The molecule has 18 heavy (non-hydrogen) atoms. The molecule has 0 amide bonds. The number of benzene rings is 2. The molecule has 1 heterocycles. The van der Waals surface area contributed by atoms with Gasteiger partial charge in [0, 0.05) is 24.6 Å². The summed E-state index contributed by atoms with van der Waals surface area (Å²) in [6.45, 7) is 6.78. The summed E-state index contributed by atoms with van der Waals surface area (Å²) in [6.07, 6.45) is 0. The predicted octanol–water partition coefficient (Wildman–Crippen LogP) is 6.11. The SMILES string of the molecule is CC(C)(C)c1ccc2c(c1)sc1cccc(Br)c12. The monoisotopic (exact) mass is 318 g/mol. The molecule has 0 aliphatic heterocycles. The fraction of sp³-hybridized carbons (Fsp3) is 0.250. The van der Waals surface area contributed by atoms with Gasteiger partial charge in [0.15, 0.2) is 0 Å². The van der Waals surface area contributed by atoms with Gasteiger partial charge < -0.3 is 0 Å². The van der Waals surface area contributed by atoms with Gasteiger partial charge in [-0.1, -0.05) is 54.9 Å². The Morgan fingerprint density at radius 1 is 1.00 bits per heavy atom. The van der Waals surface area contributed by atoms with Crippen LogP contribution in [-0.2, 0) is 5.41 Å². The Hall–Kier alpha value is -0.860. The number of hydrogen-bond acceptors (Lipinski definition) is 1. The highest BCUT2D eigenvalue weighted by atomic mass is 79.9. The average molecular weight is 319 g/mol. The molecule has 0 fully saturated rings. The molecule has 0 radical (unpaired) electrons. The van der Waals surface area contributed by atoms with Crippen molar-refractivity contribution in [3.63, 3.8) is 0 Å². The lowest BCUT2D eigenvalue weighted by atomic mass is 9.87. The van der Waals surface area contributed by atoms with Crippen molar-refractivity contribution in [3.05, 3.63) is 46.4 Å². The maximum atomic E-state index is 3.66. The maximum Gasteiger partial charge on any atom is 0.0366 e. The molecule has 0 N–H and O–H groups in total. The van der Waals surface area contributed by atoms with E-state index in [1.54, 1.807) is 0 Å². The Kier molecular flexibility index (Phi) is 2.76. The summed E-state index contributed by atoms with van der Waals surface area (Å²) in [6, 6.07) is 13.3. The van der Waals surface area contributed by atoms with Gasteiger partial charge in [-0.25, -0.2) is 0 Å². The molecule has 0 unspecified atom stereocenters. The Morgan fingerprint density at radius 2 is 1.78 bits per heavy atom. The van der Waals surface area contributed by atoms with Crippen molar-refractivity contribution in [1.29, 1.82) is 0 Å². The third-order valence-electron chi connectivity index (χ3n) is 3.31. The molecule has 1 aromatic heterocycles. The minimum atomic E-state index is 0.210. The van der Waals surface area contributed by atoms with Crippen LogP contribution in [0.3, 0.4) is 0 Å². The largest absolute Gasteiger partial charge is 0.135 e. The molecule has 0 saturated heterocycles. The Bertz CT molecular complexity index is 732. The second kappa shape index (κ2) is 4.07. The van der Waals surface area contributed by atoms with Gasteiger partial charge in [0.05, 0.1) is 0 Å². The lowest BCUT2D eigenvalue weighted by Crippen LogP contribution is -2.10. The van der Waals surface area contributed by atoms with Crippen LogP contribution in [0.25, 0.3) is 20.2 Å². The number of fused-ring (bicyclic) bond motifs is 3. The first-order valence-corrected chi connectivity index (χ1v) is 7.69. The van der Waals surface area contributed by atoms with Crippen LogP contribution in [0.15, 0.2) is 40.9 Å². The first-order chi connectivity index (χ1) is 8.47. The molecule has 2 heteroatoms. The molecule has 3 aromatic rings. The van der Waals surface area contributed by atoms with E-state index in [0.29, 0.717) is 0 Å². The Morgan fingerprint density at radius 3 is 2.50 bits per heavy atom. The summed E-state index contributed by atoms with van der Waals surface area (Å²) in [5, 5.41) is 2.70. The van der Waals surface area contributed by atoms with Gasteiger partial charge in [0.25, 0.3) is 0 Å². The van der Waals surface area contributed by atoms with E-state index in [2.05, 4.69) is 73.1 Å². The van der Waals surface area contributed by atoms with Crippen LogP contribution < -0.4 is 0 Å². The van der Waals surface area contributed by atoms with Crippen molar-refractivity contribution in [2.75, 3.05) is 0 Å². The molecular weight excluding hydrogens is 304 g/mol. The molecule has 2 aromatic carbocycles. The average Bonchev–Trinajstić information content (AvgIpc) is 2.66. The van der Waals surface area contributed by atoms with Crippen LogP contribution in [-0.4, -0.2) is 0 Å².